The molecular weight excluding hydrogens is 596 g/mol. The van der Waals surface area contributed by atoms with Crippen molar-refractivity contribution >= 4 is 19.6 Å². The van der Waals surface area contributed by atoms with E-state index in [4.69, 9.17) is 32.2 Å². The Morgan fingerprint density at radius 1 is 0.543 bits per heavy atom. The fraction of sp³-hybridized carbons (Fsp3) is 0.316. The summed E-state index contributed by atoms with van der Waals surface area (Å²) in [6.45, 7) is 7.28. The zero-order chi connectivity index (χ0) is 32.7. The maximum atomic E-state index is 6.69. The number of benzene rings is 4. The second-order valence-corrected chi connectivity index (χ2v) is 13.4. The number of allylic oxidation sites excluding steroid dienone is 1. The van der Waals surface area contributed by atoms with Crippen LogP contribution in [0.2, 0.25) is 0 Å². The summed E-state index contributed by atoms with van der Waals surface area (Å²) in [5, 5.41) is 0.963. The van der Waals surface area contributed by atoms with Crippen LogP contribution in [0.5, 0.6) is 23.0 Å². The van der Waals surface area contributed by atoms with Crippen LogP contribution in [0.3, 0.4) is 0 Å². The molecule has 0 aliphatic heterocycles. The molecular formula is C38H44O7Si. The van der Waals surface area contributed by atoms with Crippen LogP contribution < -0.4 is 18.9 Å². The van der Waals surface area contributed by atoms with Gasteiger partial charge in [0.2, 0.25) is 0 Å². The highest BCUT2D eigenvalue weighted by atomic mass is 28.4. The maximum absolute atomic E-state index is 6.69. The van der Waals surface area contributed by atoms with E-state index in [1.165, 1.54) is 0 Å². The fourth-order valence-corrected chi connectivity index (χ4v) is 9.63. The van der Waals surface area contributed by atoms with Crippen LogP contribution in [-0.4, -0.2) is 57.1 Å². The van der Waals surface area contributed by atoms with Gasteiger partial charge >= 0.3 is 8.80 Å². The van der Waals surface area contributed by atoms with Gasteiger partial charge in [0.1, 0.15) is 23.0 Å². The van der Waals surface area contributed by atoms with Crippen molar-refractivity contribution in [2.45, 2.75) is 32.6 Å². The van der Waals surface area contributed by atoms with Crippen LogP contribution in [-0.2, 0) is 25.1 Å². The highest BCUT2D eigenvalue weighted by Crippen LogP contribution is 2.59. The molecule has 0 bridgehead atoms. The molecule has 0 amide bonds. The Morgan fingerprint density at radius 2 is 1.00 bits per heavy atom. The highest BCUT2D eigenvalue weighted by molar-refractivity contribution is 6.83. The van der Waals surface area contributed by atoms with E-state index < -0.39 is 14.2 Å². The van der Waals surface area contributed by atoms with Crippen molar-refractivity contribution in [3.8, 4) is 23.0 Å². The van der Waals surface area contributed by atoms with Crippen LogP contribution in [0.1, 0.15) is 48.6 Å². The topological polar surface area (TPSA) is 64.6 Å². The molecule has 7 nitrogen and oxygen atoms in total. The summed E-state index contributed by atoms with van der Waals surface area (Å²) in [4.78, 5) is 0. The average molecular weight is 641 g/mol. The summed E-state index contributed by atoms with van der Waals surface area (Å²) in [6, 6.07) is 31.2. The van der Waals surface area contributed by atoms with E-state index in [2.05, 4.69) is 48.5 Å². The third-order valence-electron chi connectivity index (χ3n) is 8.53. The van der Waals surface area contributed by atoms with Crippen LogP contribution >= 0.6 is 0 Å². The number of methoxy groups -OCH3 is 4. The SMILES string of the molecule is CCO[Si](OCC)(OCC)C1=C(c2ccc(OC)cc2)C(Cc2ccc(OC)cc2)(c2ccc(OC)cc2)c2cc(OC)ccc21. The molecule has 1 aliphatic carbocycles. The van der Waals surface area contributed by atoms with Gasteiger partial charge in [0, 0.05) is 25.0 Å². The third kappa shape index (κ3) is 6.06. The fourth-order valence-electron chi connectivity index (χ4n) is 6.59. The Hall–Kier alpha value is -4.08. The van der Waals surface area contributed by atoms with Crippen molar-refractivity contribution in [1.29, 1.82) is 0 Å². The summed E-state index contributed by atoms with van der Waals surface area (Å²) in [7, 11) is 3.23. The van der Waals surface area contributed by atoms with Gasteiger partial charge in [-0.2, -0.15) is 0 Å². The van der Waals surface area contributed by atoms with Crippen molar-refractivity contribution in [2.24, 2.45) is 0 Å². The highest BCUT2D eigenvalue weighted by Gasteiger charge is 2.57. The number of fused-ring (bicyclic) bond motifs is 1. The predicted molar refractivity (Wildman–Crippen MR) is 184 cm³/mol. The molecule has 1 aliphatic rings. The average Bonchev–Trinajstić information content (AvgIpc) is 3.39. The molecule has 0 saturated heterocycles. The molecule has 4 aromatic rings. The monoisotopic (exact) mass is 640 g/mol. The molecule has 0 spiro atoms. The number of rotatable bonds is 15. The van der Waals surface area contributed by atoms with Gasteiger partial charge in [-0.1, -0.05) is 42.5 Å². The maximum Gasteiger partial charge on any atom is 0.538 e. The Bertz CT molecular complexity index is 1610. The zero-order valence-corrected chi connectivity index (χ0v) is 28.8. The Balaban J connectivity index is 1.97. The van der Waals surface area contributed by atoms with E-state index in [1.807, 2.05) is 63.2 Å². The lowest BCUT2D eigenvalue weighted by Crippen LogP contribution is -2.48. The van der Waals surface area contributed by atoms with E-state index in [0.29, 0.717) is 26.2 Å². The third-order valence-corrected chi connectivity index (χ3v) is 11.7. The second kappa shape index (κ2) is 14.6. The first-order chi connectivity index (χ1) is 22.4. The summed E-state index contributed by atoms with van der Waals surface area (Å²) < 4.78 is 42.7. The molecule has 242 valence electrons. The lowest BCUT2D eigenvalue weighted by atomic mass is 9.66. The summed E-state index contributed by atoms with van der Waals surface area (Å²) in [6.07, 6.45) is 0.628. The Labute approximate surface area is 274 Å². The molecule has 0 fully saturated rings. The molecule has 5 rings (SSSR count). The second-order valence-electron chi connectivity index (χ2n) is 10.9. The molecule has 1 atom stereocenters. The summed E-state index contributed by atoms with van der Waals surface area (Å²) >= 11 is 0. The lowest BCUT2D eigenvalue weighted by molar-refractivity contribution is 0.0872. The van der Waals surface area contributed by atoms with E-state index in [-0.39, 0.29) is 0 Å². The van der Waals surface area contributed by atoms with Gasteiger partial charge < -0.3 is 32.2 Å². The summed E-state index contributed by atoms with van der Waals surface area (Å²) in [5.74, 6) is 3.12. The Kier molecular flexibility index (Phi) is 10.5. The van der Waals surface area contributed by atoms with Crippen molar-refractivity contribution in [3.05, 3.63) is 119 Å². The minimum absolute atomic E-state index is 0.436. The predicted octanol–water partition coefficient (Wildman–Crippen LogP) is 7.76. The first-order valence-electron chi connectivity index (χ1n) is 15.7. The molecule has 0 heterocycles. The molecule has 0 saturated carbocycles. The molecule has 46 heavy (non-hydrogen) atoms. The van der Waals surface area contributed by atoms with E-state index in [0.717, 1.165) is 61.6 Å². The molecule has 8 heteroatoms. The van der Waals surface area contributed by atoms with Crippen molar-refractivity contribution < 1.29 is 32.2 Å². The molecule has 0 N–H and O–H groups in total. The minimum Gasteiger partial charge on any atom is -0.497 e. The van der Waals surface area contributed by atoms with Gasteiger partial charge in [0.05, 0.1) is 33.9 Å². The lowest BCUT2D eigenvalue weighted by Gasteiger charge is -2.37. The van der Waals surface area contributed by atoms with Crippen LogP contribution in [0.15, 0.2) is 91.0 Å². The normalized spacial score (nSPS) is 15.9. The van der Waals surface area contributed by atoms with Crippen molar-refractivity contribution in [3.63, 3.8) is 0 Å². The van der Waals surface area contributed by atoms with Gasteiger partial charge in [-0.15, -0.1) is 0 Å². The van der Waals surface area contributed by atoms with Crippen LogP contribution in [0.25, 0.3) is 10.8 Å². The number of hydrogen-bond donors (Lipinski definition) is 0. The first kappa shape index (κ1) is 33.3. The van der Waals surface area contributed by atoms with Crippen molar-refractivity contribution in [2.75, 3.05) is 48.3 Å². The van der Waals surface area contributed by atoms with Gasteiger partial charge in [-0.3, -0.25) is 0 Å². The molecule has 0 radical (unpaired) electrons. The first-order valence-corrected chi connectivity index (χ1v) is 17.4. The standard InChI is InChI=1S/C38H44O7Si/c1-8-43-46(44-9-2,45-10-3)37-34-24-23-33(42-7)25-35(34)38(29-15-21-32(41-6)22-16-29,26-27-11-17-30(39-4)18-12-27)36(37)28-13-19-31(40-5)20-14-28/h11-25H,8-10,26H2,1-7H3. The van der Waals surface area contributed by atoms with Gasteiger partial charge in [-0.25, -0.2) is 0 Å². The van der Waals surface area contributed by atoms with Gasteiger partial charge in [-0.05, 0) is 109 Å². The van der Waals surface area contributed by atoms with Gasteiger partial charge in [0.15, 0.2) is 0 Å². The van der Waals surface area contributed by atoms with E-state index >= 15 is 0 Å². The molecule has 1 unspecified atom stereocenters. The quantitative estimate of drug-likeness (QED) is 0.123. The smallest absolute Gasteiger partial charge is 0.497 e. The largest absolute Gasteiger partial charge is 0.538 e. The van der Waals surface area contributed by atoms with E-state index in [9.17, 15) is 0 Å². The number of ether oxygens (including phenoxy) is 4. The van der Waals surface area contributed by atoms with Gasteiger partial charge in [0.25, 0.3) is 0 Å². The molecule has 0 aromatic heterocycles. The van der Waals surface area contributed by atoms with Crippen LogP contribution in [0, 0.1) is 0 Å². The minimum atomic E-state index is -3.52. The van der Waals surface area contributed by atoms with Crippen molar-refractivity contribution in [1.82, 2.24) is 0 Å². The summed E-state index contributed by atoms with van der Waals surface area (Å²) in [5.41, 5.74) is 5.72. The molecule has 4 aromatic carbocycles. The van der Waals surface area contributed by atoms with Crippen LogP contribution in [0.4, 0.5) is 0 Å². The number of hydrogen-bond acceptors (Lipinski definition) is 7. The van der Waals surface area contributed by atoms with E-state index in [1.54, 1.807) is 28.4 Å². The zero-order valence-electron chi connectivity index (χ0n) is 27.8. The Morgan fingerprint density at radius 3 is 1.48 bits per heavy atom.